The molecule has 0 radical (unpaired) electrons. The maximum Gasteiger partial charge on any atom is 0.143 e. The molecule has 2 aliphatic carbocycles. The van der Waals surface area contributed by atoms with Gasteiger partial charge in [0.15, 0.2) is 0 Å². The van der Waals surface area contributed by atoms with Gasteiger partial charge in [-0.1, -0.05) is 179 Å². The highest BCUT2D eigenvalue weighted by molar-refractivity contribution is 6.30. The Labute approximate surface area is 373 Å². The van der Waals surface area contributed by atoms with E-state index in [1.54, 1.807) is 0 Å². The molecule has 10 aromatic carbocycles. The lowest BCUT2D eigenvalue weighted by molar-refractivity contribution is 0.660. The molecule has 0 spiro atoms. The molecule has 0 saturated heterocycles. The summed E-state index contributed by atoms with van der Waals surface area (Å²) in [6, 6.07) is 74.0. The van der Waals surface area contributed by atoms with Crippen molar-refractivity contribution in [1.29, 1.82) is 0 Å². The van der Waals surface area contributed by atoms with Gasteiger partial charge in [0.25, 0.3) is 0 Å². The minimum Gasteiger partial charge on any atom is -0.455 e. The summed E-state index contributed by atoms with van der Waals surface area (Å²) in [5, 5.41) is 7.08. The molecule has 2 nitrogen and oxygen atoms in total. The Balaban J connectivity index is 1.01. The molecule has 0 bridgehead atoms. The average Bonchev–Trinajstić information content (AvgIpc) is 3.91. The second-order valence-electron chi connectivity index (χ2n) is 18.8. The molecule has 1 aromatic heterocycles. The zero-order chi connectivity index (χ0) is 42.9. The van der Waals surface area contributed by atoms with E-state index in [0.29, 0.717) is 0 Å². The molecule has 0 amide bonds. The van der Waals surface area contributed by atoms with Crippen LogP contribution in [0.25, 0.3) is 88.0 Å². The zero-order valence-corrected chi connectivity index (χ0v) is 36.4. The molecule has 0 aliphatic heterocycles. The first-order valence-corrected chi connectivity index (χ1v) is 22.5. The summed E-state index contributed by atoms with van der Waals surface area (Å²) >= 11 is 0. The van der Waals surface area contributed by atoms with Gasteiger partial charge in [0.2, 0.25) is 0 Å². The third kappa shape index (κ3) is 5.20. The monoisotopic (exact) mass is 819 g/mol. The summed E-state index contributed by atoms with van der Waals surface area (Å²) < 4.78 is 6.90. The van der Waals surface area contributed by atoms with E-state index < -0.39 is 0 Å². The Kier molecular flexibility index (Phi) is 7.74. The van der Waals surface area contributed by atoms with Crippen LogP contribution in [0.15, 0.2) is 205 Å². The largest absolute Gasteiger partial charge is 0.455 e. The molecule has 0 saturated carbocycles. The number of nitrogens with zero attached hydrogens (tertiary/aromatic N) is 1. The van der Waals surface area contributed by atoms with Crippen LogP contribution in [0.5, 0.6) is 0 Å². The van der Waals surface area contributed by atoms with Gasteiger partial charge in [-0.3, -0.25) is 0 Å². The van der Waals surface area contributed by atoms with Crippen molar-refractivity contribution in [3.63, 3.8) is 0 Å². The maximum absolute atomic E-state index is 6.90. The Bertz CT molecular complexity index is 3610. The van der Waals surface area contributed by atoms with E-state index in [1.807, 2.05) is 0 Å². The molecule has 304 valence electrons. The Morgan fingerprint density at radius 3 is 1.39 bits per heavy atom. The van der Waals surface area contributed by atoms with E-state index in [9.17, 15) is 0 Å². The Hall–Kier alpha value is -7.68. The van der Waals surface area contributed by atoms with E-state index in [4.69, 9.17) is 4.42 Å². The van der Waals surface area contributed by atoms with Crippen molar-refractivity contribution >= 4 is 60.5 Å². The predicted molar refractivity (Wildman–Crippen MR) is 269 cm³/mol. The van der Waals surface area contributed by atoms with Gasteiger partial charge in [-0.2, -0.15) is 0 Å². The van der Waals surface area contributed by atoms with Crippen molar-refractivity contribution in [3.8, 4) is 44.5 Å². The highest BCUT2D eigenvalue weighted by Crippen LogP contribution is 2.53. The van der Waals surface area contributed by atoms with Gasteiger partial charge in [-0.15, -0.1) is 0 Å². The van der Waals surface area contributed by atoms with E-state index in [-0.39, 0.29) is 10.8 Å². The van der Waals surface area contributed by atoms with Gasteiger partial charge >= 0.3 is 0 Å². The predicted octanol–water partition coefficient (Wildman–Crippen LogP) is 17.3. The standard InChI is InChI=1S/C62H45NO/c1-61(2)54-24-14-12-20-45(54)47-32-30-41(34-56(47)61)63(42-31-33-48-46-21-13-15-25-55(46)62(3,4)57(48)35-42)40-28-26-39(27-29-40)51-36-53-58(37-52(51)38-16-6-5-7-17-38)64-60-50-23-11-9-19-44(50)43-18-8-10-22-49(43)59(53)60/h5-37H,1-4H3. The highest BCUT2D eigenvalue weighted by Gasteiger charge is 2.38. The third-order valence-corrected chi connectivity index (χ3v) is 14.7. The minimum absolute atomic E-state index is 0.125. The van der Waals surface area contributed by atoms with E-state index in [1.165, 1.54) is 66.2 Å². The van der Waals surface area contributed by atoms with Gasteiger partial charge < -0.3 is 9.32 Å². The second kappa shape index (κ2) is 13.4. The number of anilines is 3. The van der Waals surface area contributed by atoms with Crippen molar-refractivity contribution < 1.29 is 4.42 Å². The molecule has 0 unspecified atom stereocenters. The van der Waals surface area contributed by atoms with Crippen LogP contribution in [-0.4, -0.2) is 0 Å². The topological polar surface area (TPSA) is 16.4 Å². The smallest absolute Gasteiger partial charge is 0.143 e. The van der Waals surface area contributed by atoms with Gasteiger partial charge in [-0.05, 0) is 131 Å². The summed E-state index contributed by atoms with van der Waals surface area (Å²) in [7, 11) is 0. The Morgan fingerprint density at radius 2 is 0.781 bits per heavy atom. The molecule has 1 heterocycles. The van der Waals surface area contributed by atoms with Gasteiger partial charge in [0.1, 0.15) is 11.2 Å². The molecule has 0 atom stereocenters. The van der Waals surface area contributed by atoms with Crippen molar-refractivity contribution in [2.45, 2.75) is 38.5 Å². The minimum atomic E-state index is -0.125. The molecule has 0 N–H and O–H groups in total. The number of furan rings is 1. The van der Waals surface area contributed by atoms with Crippen LogP contribution in [0.2, 0.25) is 0 Å². The van der Waals surface area contributed by atoms with Crippen LogP contribution < -0.4 is 4.90 Å². The van der Waals surface area contributed by atoms with E-state index in [2.05, 4.69) is 233 Å². The van der Waals surface area contributed by atoms with Crippen molar-refractivity contribution in [2.75, 3.05) is 4.90 Å². The van der Waals surface area contributed by atoms with E-state index in [0.717, 1.165) is 61.1 Å². The number of hydrogen-bond donors (Lipinski definition) is 0. The van der Waals surface area contributed by atoms with Crippen molar-refractivity contribution in [2.24, 2.45) is 0 Å². The second-order valence-corrected chi connectivity index (χ2v) is 18.8. The quantitative estimate of drug-likeness (QED) is 0.161. The van der Waals surface area contributed by atoms with Gasteiger partial charge in [0.05, 0.1) is 0 Å². The number of rotatable bonds is 5. The molecule has 2 heteroatoms. The van der Waals surface area contributed by atoms with Gasteiger partial charge in [0, 0.05) is 44.1 Å². The Morgan fingerprint density at radius 1 is 0.328 bits per heavy atom. The number of hydrogen-bond acceptors (Lipinski definition) is 2. The fourth-order valence-electron chi connectivity index (χ4n) is 11.4. The molecule has 64 heavy (non-hydrogen) atoms. The first kappa shape index (κ1) is 36.9. The molecular weight excluding hydrogens is 775 g/mol. The lowest BCUT2D eigenvalue weighted by Gasteiger charge is -2.30. The molecule has 13 rings (SSSR count). The summed E-state index contributed by atoms with van der Waals surface area (Å²) in [5.74, 6) is 0. The molecular formula is C62H45NO. The molecule has 11 aromatic rings. The van der Waals surface area contributed by atoms with Crippen LogP contribution in [0.3, 0.4) is 0 Å². The maximum atomic E-state index is 6.90. The first-order valence-electron chi connectivity index (χ1n) is 22.5. The van der Waals surface area contributed by atoms with Gasteiger partial charge in [-0.25, -0.2) is 0 Å². The molecule has 2 aliphatic rings. The van der Waals surface area contributed by atoms with Crippen molar-refractivity contribution in [3.05, 3.63) is 222 Å². The lowest BCUT2D eigenvalue weighted by atomic mass is 9.82. The van der Waals surface area contributed by atoms with Crippen molar-refractivity contribution in [1.82, 2.24) is 0 Å². The summed E-state index contributed by atoms with van der Waals surface area (Å²) in [4.78, 5) is 2.46. The molecule has 0 fully saturated rings. The van der Waals surface area contributed by atoms with E-state index >= 15 is 0 Å². The van der Waals surface area contributed by atoms with Crippen LogP contribution in [0.1, 0.15) is 49.9 Å². The SMILES string of the molecule is CC1(C)c2ccccc2-c2ccc(N(c3ccc(-c4cc5c(cc4-c4ccccc4)oc4c6ccccc6c6ccccc6c54)cc3)c3ccc4c(c3)C(C)(C)c3ccccc3-4)cc21. The van der Waals surface area contributed by atoms with Crippen LogP contribution >= 0.6 is 0 Å². The summed E-state index contributed by atoms with van der Waals surface area (Å²) in [6.07, 6.45) is 0. The third-order valence-electron chi connectivity index (χ3n) is 14.7. The summed E-state index contributed by atoms with van der Waals surface area (Å²) in [6.45, 7) is 9.47. The summed E-state index contributed by atoms with van der Waals surface area (Å²) in [5.41, 5.74) is 20.4. The zero-order valence-electron chi connectivity index (χ0n) is 36.4. The fourth-order valence-corrected chi connectivity index (χ4v) is 11.4. The fraction of sp³-hybridized carbons (Fsp3) is 0.0968. The van der Waals surface area contributed by atoms with Crippen LogP contribution in [0, 0.1) is 0 Å². The normalized spacial score (nSPS) is 14.2. The lowest BCUT2D eigenvalue weighted by Crippen LogP contribution is -2.18. The highest BCUT2D eigenvalue weighted by atomic mass is 16.3. The number of benzene rings is 10. The first-order chi connectivity index (χ1) is 31.3. The number of fused-ring (bicyclic) bond motifs is 14. The van der Waals surface area contributed by atoms with Crippen LogP contribution in [-0.2, 0) is 10.8 Å². The van der Waals surface area contributed by atoms with Crippen LogP contribution in [0.4, 0.5) is 17.1 Å². The average molecular weight is 820 g/mol.